The zero-order valence-corrected chi connectivity index (χ0v) is 16.9. The summed E-state index contributed by atoms with van der Waals surface area (Å²) in [4.78, 5) is 36.3. The van der Waals surface area contributed by atoms with Crippen molar-refractivity contribution in [2.24, 2.45) is 5.92 Å². The summed E-state index contributed by atoms with van der Waals surface area (Å²) in [5.74, 6) is -0.508. The number of alkyl carbamates (subject to hydrolysis) is 1. The highest BCUT2D eigenvalue weighted by Crippen LogP contribution is 2.38. The summed E-state index contributed by atoms with van der Waals surface area (Å²) in [5.41, 5.74) is 4.76. The first kappa shape index (κ1) is 22.9. The molecule has 1 rings (SSSR count). The van der Waals surface area contributed by atoms with Gasteiger partial charge in [-0.05, 0) is 25.0 Å². The first-order chi connectivity index (χ1) is 13.3. The van der Waals surface area contributed by atoms with Gasteiger partial charge in [0.1, 0.15) is 6.04 Å². The lowest BCUT2D eigenvalue weighted by molar-refractivity contribution is -0.124. The van der Waals surface area contributed by atoms with Crippen LogP contribution in [0.1, 0.15) is 31.1 Å². The van der Waals surface area contributed by atoms with Crippen LogP contribution in [-0.2, 0) is 9.53 Å². The normalized spacial score (nSPS) is 11.2. The molecule has 0 aliphatic carbocycles. The van der Waals surface area contributed by atoms with E-state index in [1.807, 2.05) is 0 Å². The largest absolute Gasteiger partial charge is 0.493 e. The first-order valence-corrected chi connectivity index (χ1v) is 8.62. The Morgan fingerprint density at radius 2 is 1.54 bits per heavy atom. The van der Waals surface area contributed by atoms with E-state index < -0.39 is 23.9 Å². The maximum Gasteiger partial charge on any atom is 0.407 e. The molecule has 0 aliphatic heterocycles. The summed E-state index contributed by atoms with van der Waals surface area (Å²) in [6.07, 6.45) is -0.715. The van der Waals surface area contributed by atoms with Gasteiger partial charge in [-0.3, -0.25) is 20.4 Å². The average Bonchev–Trinajstić information content (AvgIpc) is 2.68. The van der Waals surface area contributed by atoms with Crippen LogP contribution < -0.4 is 30.4 Å². The van der Waals surface area contributed by atoms with Gasteiger partial charge in [-0.15, -0.1) is 0 Å². The molecule has 1 aromatic carbocycles. The van der Waals surface area contributed by atoms with Crippen molar-refractivity contribution in [1.29, 1.82) is 0 Å². The molecule has 0 heterocycles. The van der Waals surface area contributed by atoms with Gasteiger partial charge in [-0.2, -0.15) is 0 Å². The van der Waals surface area contributed by atoms with Crippen molar-refractivity contribution in [3.05, 3.63) is 17.7 Å². The van der Waals surface area contributed by atoms with E-state index >= 15 is 0 Å². The molecule has 0 saturated carbocycles. The van der Waals surface area contributed by atoms with E-state index in [-0.39, 0.29) is 18.1 Å². The van der Waals surface area contributed by atoms with Crippen LogP contribution in [0.4, 0.5) is 4.79 Å². The SMILES string of the molecule is CCOC(=O)N[C@@H](C(=O)NNC(=O)c1cc(OC)c(OC)c(OC)c1)C(C)C. The van der Waals surface area contributed by atoms with Gasteiger partial charge in [0.2, 0.25) is 5.75 Å². The van der Waals surface area contributed by atoms with Crippen molar-refractivity contribution in [3.8, 4) is 17.2 Å². The van der Waals surface area contributed by atoms with E-state index in [0.717, 1.165) is 0 Å². The van der Waals surface area contributed by atoms with Crippen LogP contribution in [0.3, 0.4) is 0 Å². The Labute approximate surface area is 163 Å². The van der Waals surface area contributed by atoms with Crippen LogP contribution in [-0.4, -0.2) is 51.9 Å². The number of carbonyl (C=O) groups excluding carboxylic acids is 3. The lowest BCUT2D eigenvalue weighted by atomic mass is 10.0. The van der Waals surface area contributed by atoms with Crippen LogP contribution in [0.5, 0.6) is 17.2 Å². The number of ether oxygens (including phenoxy) is 4. The number of hydrogen-bond acceptors (Lipinski definition) is 7. The molecule has 0 bridgehead atoms. The minimum atomic E-state index is -0.890. The Morgan fingerprint density at radius 3 is 1.96 bits per heavy atom. The second kappa shape index (κ2) is 10.9. The molecule has 0 saturated heterocycles. The molecule has 0 fully saturated rings. The maximum atomic E-state index is 12.4. The fourth-order valence-electron chi connectivity index (χ4n) is 2.32. The van der Waals surface area contributed by atoms with E-state index in [1.54, 1.807) is 20.8 Å². The van der Waals surface area contributed by atoms with Gasteiger partial charge in [-0.25, -0.2) is 4.79 Å². The van der Waals surface area contributed by atoms with Gasteiger partial charge in [0.25, 0.3) is 11.8 Å². The molecule has 3 N–H and O–H groups in total. The first-order valence-electron chi connectivity index (χ1n) is 8.62. The van der Waals surface area contributed by atoms with Gasteiger partial charge >= 0.3 is 6.09 Å². The molecule has 3 amide bonds. The number of hydrogen-bond donors (Lipinski definition) is 3. The van der Waals surface area contributed by atoms with E-state index in [1.165, 1.54) is 33.5 Å². The predicted octanol–water partition coefficient (Wildman–Crippen LogP) is 1.24. The second-order valence-electron chi connectivity index (χ2n) is 5.94. The zero-order valence-electron chi connectivity index (χ0n) is 16.9. The highest BCUT2D eigenvalue weighted by Gasteiger charge is 2.25. The van der Waals surface area contributed by atoms with Gasteiger partial charge in [0.05, 0.1) is 27.9 Å². The molecular formula is C18H27N3O7. The third-order valence-corrected chi connectivity index (χ3v) is 3.72. The third-order valence-electron chi connectivity index (χ3n) is 3.72. The van der Waals surface area contributed by atoms with Crippen LogP contribution >= 0.6 is 0 Å². The number of benzene rings is 1. The molecule has 28 heavy (non-hydrogen) atoms. The summed E-state index contributed by atoms with van der Waals surface area (Å²) in [7, 11) is 4.30. The standard InChI is InChI=1S/C18H27N3O7/c1-7-28-18(24)19-14(10(2)3)17(23)21-20-16(22)11-8-12(25-4)15(27-6)13(9-11)26-5/h8-10,14H,7H2,1-6H3,(H,19,24)(H,20,22)(H,21,23)/t14-/m1/s1. The van der Waals surface area contributed by atoms with E-state index in [9.17, 15) is 14.4 Å². The van der Waals surface area contributed by atoms with Crippen LogP contribution in [0.15, 0.2) is 12.1 Å². The summed E-state index contributed by atoms with van der Waals surface area (Å²) in [5, 5.41) is 2.45. The van der Waals surface area contributed by atoms with Crippen molar-refractivity contribution in [3.63, 3.8) is 0 Å². The molecule has 10 nitrogen and oxygen atoms in total. The number of amides is 3. The Kier molecular flexibility index (Phi) is 8.86. The molecule has 0 radical (unpaired) electrons. The number of rotatable bonds is 8. The monoisotopic (exact) mass is 397 g/mol. The van der Waals surface area contributed by atoms with Crippen LogP contribution in [0, 0.1) is 5.92 Å². The molecule has 0 aliphatic rings. The zero-order chi connectivity index (χ0) is 21.3. The molecule has 1 aromatic rings. The van der Waals surface area contributed by atoms with E-state index in [2.05, 4.69) is 16.2 Å². The Bertz CT molecular complexity index is 681. The van der Waals surface area contributed by atoms with E-state index in [0.29, 0.717) is 17.2 Å². The fraction of sp³-hybridized carbons (Fsp3) is 0.500. The average molecular weight is 397 g/mol. The predicted molar refractivity (Wildman–Crippen MR) is 100 cm³/mol. The number of methoxy groups -OCH3 is 3. The minimum Gasteiger partial charge on any atom is -0.493 e. The van der Waals surface area contributed by atoms with Crippen molar-refractivity contribution in [2.45, 2.75) is 26.8 Å². The van der Waals surface area contributed by atoms with E-state index in [4.69, 9.17) is 18.9 Å². The smallest absolute Gasteiger partial charge is 0.407 e. The minimum absolute atomic E-state index is 0.175. The molecule has 156 valence electrons. The van der Waals surface area contributed by atoms with Gasteiger partial charge in [-0.1, -0.05) is 13.8 Å². The summed E-state index contributed by atoms with van der Waals surface area (Å²) in [6, 6.07) is 2.00. The number of nitrogens with one attached hydrogen (secondary N) is 3. The van der Waals surface area contributed by atoms with Gasteiger partial charge < -0.3 is 24.3 Å². The van der Waals surface area contributed by atoms with Crippen molar-refractivity contribution < 1.29 is 33.3 Å². The highest BCUT2D eigenvalue weighted by atomic mass is 16.5. The van der Waals surface area contributed by atoms with Crippen LogP contribution in [0.2, 0.25) is 0 Å². The van der Waals surface area contributed by atoms with Crippen LogP contribution in [0.25, 0.3) is 0 Å². The Balaban J connectivity index is 2.87. The quantitative estimate of drug-likeness (QED) is 0.564. The summed E-state index contributed by atoms with van der Waals surface area (Å²) < 4.78 is 20.4. The molecular weight excluding hydrogens is 370 g/mol. The summed E-state index contributed by atoms with van der Waals surface area (Å²) >= 11 is 0. The van der Waals surface area contributed by atoms with Gasteiger partial charge in [0, 0.05) is 5.56 Å². The molecule has 1 atom stereocenters. The Morgan fingerprint density at radius 1 is 0.964 bits per heavy atom. The summed E-state index contributed by atoms with van der Waals surface area (Å²) in [6.45, 7) is 5.33. The van der Waals surface area contributed by atoms with Gasteiger partial charge in [0.15, 0.2) is 11.5 Å². The molecule has 0 unspecified atom stereocenters. The number of carbonyl (C=O) groups is 3. The number of hydrazine groups is 1. The highest BCUT2D eigenvalue weighted by molar-refractivity contribution is 5.97. The second-order valence-corrected chi connectivity index (χ2v) is 5.94. The maximum absolute atomic E-state index is 12.4. The third kappa shape index (κ3) is 5.93. The molecule has 10 heteroatoms. The lowest BCUT2D eigenvalue weighted by Gasteiger charge is -2.21. The molecule has 0 spiro atoms. The fourth-order valence-corrected chi connectivity index (χ4v) is 2.32. The van der Waals surface area contributed by atoms with Crippen molar-refractivity contribution >= 4 is 17.9 Å². The Hall–Kier alpha value is -3.17. The van der Waals surface area contributed by atoms with Crippen molar-refractivity contribution in [1.82, 2.24) is 16.2 Å². The molecule has 0 aromatic heterocycles. The topological polar surface area (TPSA) is 124 Å². The van der Waals surface area contributed by atoms with Crippen molar-refractivity contribution in [2.75, 3.05) is 27.9 Å². The lowest BCUT2D eigenvalue weighted by Crippen LogP contribution is -2.54.